The molecule has 1 aromatic heterocycles. The monoisotopic (exact) mass is 689 g/mol. The second-order valence-electron chi connectivity index (χ2n) is 13.7. The lowest BCUT2D eigenvalue weighted by Crippen LogP contribution is -2.59. The van der Waals surface area contributed by atoms with Crippen LogP contribution in [0.2, 0.25) is 0 Å². The molecule has 3 amide bonds. The molecule has 50 heavy (non-hydrogen) atoms. The van der Waals surface area contributed by atoms with Crippen LogP contribution in [-0.2, 0) is 36.7 Å². The van der Waals surface area contributed by atoms with E-state index in [2.05, 4.69) is 21.0 Å². The third-order valence-electron chi connectivity index (χ3n) is 8.90. The van der Waals surface area contributed by atoms with Gasteiger partial charge < -0.3 is 34.7 Å². The Morgan fingerprint density at radius 2 is 1.64 bits per heavy atom. The highest BCUT2D eigenvalue weighted by atomic mass is 16.7. The number of hydrogen-bond acceptors (Lipinski definition) is 10. The van der Waals surface area contributed by atoms with Crippen molar-refractivity contribution in [3.8, 4) is 11.1 Å². The molecular weight excluding hydrogens is 642 g/mol. The van der Waals surface area contributed by atoms with Crippen LogP contribution >= 0.6 is 0 Å². The smallest absolute Gasteiger partial charge is 0.407 e. The van der Waals surface area contributed by atoms with Gasteiger partial charge in [0.25, 0.3) is 5.91 Å². The molecule has 2 saturated heterocycles. The van der Waals surface area contributed by atoms with Crippen LogP contribution in [0.15, 0.2) is 79.1 Å². The Labute approximate surface area is 292 Å². The van der Waals surface area contributed by atoms with Crippen LogP contribution in [0.4, 0.5) is 9.59 Å². The largest absolute Gasteiger partial charge is 0.453 e. The molecule has 0 saturated carbocycles. The fourth-order valence-corrected chi connectivity index (χ4v) is 6.16. The minimum Gasteiger partial charge on any atom is -0.453 e. The van der Waals surface area contributed by atoms with E-state index in [0.717, 1.165) is 28.7 Å². The summed E-state index contributed by atoms with van der Waals surface area (Å²) >= 11 is 0. The predicted molar refractivity (Wildman–Crippen MR) is 184 cm³/mol. The highest BCUT2D eigenvalue weighted by molar-refractivity contribution is 5.86. The van der Waals surface area contributed by atoms with Crippen molar-refractivity contribution in [2.24, 2.45) is 11.3 Å². The summed E-state index contributed by atoms with van der Waals surface area (Å²) in [7, 11) is 1.23. The van der Waals surface area contributed by atoms with E-state index in [4.69, 9.17) is 18.9 Å². The van der Waals surface area contributed by atoms with E-state index in [1.807, 2.05) is 87.5 Å². The number of aliphatic hydroxyl groups is 1. The summed E-state index contributed by atoms with van der Waals surface area (Å²) in [6.07, 6.45) is 1.02. The van der Waals surface area contributed by atoms with E-state index < -0.39 is 47.8 Å². The van der Waals surface area contributed by atoms with Crippen molar-refractivity contribution in [3.05, 3.63) is 90.3 Å². The summed E-state index contributed by atoms with van der Waals surface area (Å²) in [5.74, 6) is -0.535. The zero-order chi connectivity index (χ0) is 35.7. The van der Waals surface area contributed by atoms with Crippen LogP contribution in [0.5, 0.6) is 0 Å². The van der Waals surface area contributed by atoms with Crippen LogP contribution in [0.25, 0.3) is 11.1 Å². The van der Waals surface area contributed by atoms with Crippen molar-refractivity contribution in [3.63, 3.8) is 0 Å². The molecule has 0 bridgehead atoms. The maximum Gasteiger partial charge on any atom is 0.407 e. The maximum atomic E-state index is 13.7. The highest BCUT2D eigenvalue weighted by Crippen LogP contribution is 2.33. The van der Waals surface area contributed by atoms with Crippen molar-refractivity contribution in [2.45, 2.75) is 70.7 Å². The van der Waals surface area contributed by atoms with Gasteiger partial charge in [-0.05, 0) is 52.6 Å². The molecule has 5 rings (SSSR count). The van der Waals surface area contributed by atoms with E-state index in [9.17, 15) is 19.5 Å². The molecule has 3 aromatic rings. The molecule has 2 fully saturated rings. The first-order valence-electron chi connectivity index (χ1n) is 16.8. The Morgan fingerprint density at radius 1 is 0.940 bits per heavy atom. The molecule has 13 heteroatoms. The number of methoxy groups -OCH3 is 1. The number of alkyl carbamates (subject to hydrolysis) is 2. The SMILES string of the molecule is COC(=O)NC(C(=O)NN(Cc1ccccc1)CC(O)C(Cc1ccc(-c2ccncc2)cc1)NC(=O)OC1COC2OCCC12)C(C)(C)C. The van der Waals surface area contributed by atoms with Gasteiger partial charge >= 0.3 is 12.2 Å². The number of hydrogen-bond donors (Lipinski definition) is 4. The van der Waals surface area contributed by atoms with E-state index in [1.54, 1.807) is 17.4 Å². The lowest BCUT2D eigenvalue weighted by Gasteiger charge is -2.34. The third kappa shape index (κ3) is 10.0. The van der Waals surface area contributed by atoms with Gasteiger partial charge in [-0.2, -0.15) is 0 Å². The topological polar surface area (TPSA) is 161 Å². The van der Waals surface area contributed by atoms with Crippen molar-refractivity contribution >= 4 is 18.1 Å². The number of amides is 3. The summed E-state index contributed by atoms with van der Waals surface area (Å²) in [6.45, 7) is 6.42. The number of nitrogens with zero attached hydrogens (tertiary/aromatic N) is 2. The summed E-state index contributed by atoms with van der Waals surface area (Å²) in [5.41, 5.74) is 5.99. The van der Waals surface area contributed by atoms with Crippen LogP contribution in [0, 0.1) is 11.3 Å². The van der Waals surface area contributed by atoms with Crippen LogP contribution in [0.1, 0.15) is 38.3 Å². The molecule has 6 atom stereocenters. The Hall–Kier alpha value is -4.56. The lowest BCUT2D eigenvalue weighted by molar-refractivity contribution is -0.131. The maximum absolute atomic E-state index is 13.7. The Kier molecular flexibility index (Phi) is 12.4. The first kappa shape index (κ1) is 36.7. The minimum absolute atomic E-state index is 0.0456. The van der Waals surface area contributed by atoms with E-state index in [0.29, 0.717) is 6.61 Å². The zero-order valence-electron chi connectivity index (χ0n) is 28.9. The number of ether oxygens (including phenoxy) is 4. The molecule has 268 valence electrons. The molecule has 0 radical (unpaired) electrons. The molecule has 2 aromatic carbocycles. The predicted octanol–water partition coefficient (Wildman–Crippen LogP) is 3.81. The van der Waals surface area contributed by atoms with Gasteiger partial charge in [-0.3, -0.25) is 15.2 Å². The quantitative estimate of drug-likeness (QED) is 0.194. The van der Waals surface area contributed by atoms with Crippen molar-refractivity contribution < 1.29 is 38.4 Å². The molecule has 2 aliphatic rings. The number of rotatable bonds is 13. The average Bonchev–Trinajstić information content (AvgIpc) is 3.72. The number of carbonyl (C=O) groups excluding carboxylic acids is 3. The van der Waals surface area contributed by atoms with Gasteiger partial charge in [0.05, 0.1) is 38.4 Å². The molecule has 0 spiro atoms. The highest BCUT2D eigenvalue weighted by Gasteiger charge is 2.44. The number of nitrogens with one attached hydrogen (secondary N) is 3. The van der Waals surface area contributed by atoms with Crippen LogP contribution in [-0.4, -0.2) is 90.6 Å². The van der Waals surface area contributed by atoms with Crippen molar-refractivity contribution in [2.75, 3.05) is 26.9 Å². The van der Waals surface area contributed by atoms with Gasteiger partial charge in [0.1, 0.15) is 12.1 Å². The van der Waals surface area contributed by atoms with Gasteiger partial charge in [0, 0.05) is 25.5 Å². The Bertz CT molecular complexity index is 1550. The molecule has 0 aliphatic carbocycles. The van der Waals surface area contributed by atoms with E-state index >= 15 is 0 Å². The number of carbonyl (C=O) groups is 3. The van der Waals surface area contributed by atoms with Gasteiger partial charge in [0.15, 0.2) is 6.29 Å². The van der Waals surface area contributed by atoms with E-state index in [1.165, 1.54) is 7.11 Å². The summed E-state index contributed by atoms with van der Waals surface area (Å²) in [5, 5.41) is 18.9. The number of aromatic nitrogens is 1. The number of hydrazine groups is 1. The standard InChI is InChI=1S/C37H47N5O8/c1-37(2,3)32(40-35(45)47-4)33(44)41-42(21-25-8-6-5-7-9-25)22-30(43)29(39-36(46)50-31-23-49-34-28(31)16-19-48-34)20-24-10-12-26(13-11-24)27-14-17-38-18-15-27/h5-15,17-18,28-32,34,43H,16,19-23H2,1-4H3,(H,39,46)(H,40,45)(H,41,44). The van der Waals surface area contributed by atoms with Gasteiger partial charge in [-0.25, -0.2) is 14.6 Å². The minimum atomic E-state index is -1.17. The number of benzene rings is 2. The number of aliphatic hydroxyl groups excluding tert-OH is 1. The summed E-state index contributed by atoms with van der Waals surface area (Å²) < 4.78 is 21.8. The number of pyridine rings is 1. The molecule has 2 aliphatic heterocycles. The first-order chi connectivity index (χ1) is 24.0. The Morgan fingerprint density at radius 3 is 2.32 bits per heavy atom. The fourth-order valence-electron chi connectivity index (χ4n) is 6.16. The van der Waals surface area contributed by atoms with Gasteiger partial charge in [-0.15, -0.1) is 0 Å². The molecule has 4 N–H and O–H groups in total. The molecule has 13 nitrogen and oxygen atoms in total. The lowest BCUT2D eigenvalue weighted by atomic mass is 9.86. The first-order valence-corrected chi connectivity index (χ1v) is 16.8. The van der Waals surface area contributed by atoms with Crippen LogP contribution < -0.4 is 16.1 Å². The second-order valence-corrected chi connectivity index (χ2v) is 13.7. The summed E-state index contributed by atoms with van der Waals surface area (Å²) in [6, 6.07) is 19.4. The van der Waals surface area contributed by atoms with E-state index in [-0.39, 0.29) is 38.3 Å². The van der Waals surface area contributed by atoms with Crippen molar-refractivity contribution in [1.29, 1.82) is 0 Å². The zero-order valence-corrected chi connectivity index (χ0v) is 28.9. The molecular formula is C37H47N5O8. The van der Waals surface area contributed by atoms with Gasteiger partial charge in [0.2, 0.25) is 0 Å². The van der Waals surface area contributed by atoms with Gasteiger partial charge in [-0.1, -0.05) is 75.4 Å². The second kappa shape index (κ2) is 16.9. The Balaban J connectivity index is 1.35. The van der Waals surface area contributed by atoms with Crippen LogP contribution in [0.3, 0.4) is 0 Å². The average molecular weight is 690 g/mol. The normalized spacial score (nSPS) is 20.3. The van der Waals surface area contributed by atoms with Crippen molar-refractivity contribution in [1.82, 2.24) is 26.1 Å². The molecule has 6 unspecified atom stereocenters. The summed E-state index contributed by atoms with van der Waals surface area (Å²) in [4.78, 5) is 43.2. The third-order valence-corrected chi connectivity index (χ3v) is 8.90. The molecule has 3 heterocycles. The number of fused-ring (bicyclic) bond motifs is 1. The fraction of sp³-hybridized carbons (Fsp3) is 0.459.